The van der Waals surface area contributed by atoms with E-state index in [-0.39, 0.29) is 12.1 Å². The number of carbonyl (C=O) groups is 2. The van der Waals surface area contributed by atoms with Crippen LogP contribution in [0.1, 0.15) is 47.0 Å². The molecule has 2 rings (SSSR count). The molecule has 4 unspecified atom stereocenters. The van der Waals surface area contributed by atoms with Crippen LogP contribution in [0.3, 0.4) is 0 Å². The highest BCUT2D eigenvalue weighted by atomic mass is 16.4. The molecule has 0 aromatic heterocycles. The molecule has 2 heterocycles. The van der Waals surface area contributed by atoms with Crippen LogP contribution in [0.25, 0.3) is 0 Å². The van der Waals surface area contributed by atoms with Gasteiger partial charge in [-0.3, -0.25) is 4.79 Å². The van der Waals surface area contributed by atoms with E-state index in [1.807, 2.05) is 4.90 Å². The number of nitrogens with zero attached hydrogens (tertiary/aromatic N) is 2. The lowest BCUT2D eigenvalue weighted by atomic mass is 9.82. The standard InChI is InChI=1S/C16H28N2O3/c1-11-8-12(2)13(3)18(9-11)15(21)17-7-5-6-16(4,10-17)14(19)20/h11-13H,5-10H2,1-4H3,(H,19,20). The van der Waals surface area contributed by atoms with Gasteiger partial charge in [0.1, 0.15) is 0 Å². The highest BCUT2D eigenvalue weighted by molar-refractivity contribution is 5.79. The summed E-state index contributed by atoms with van der Waals surface area (Å²) < 4.78 is 0. The van der Waals surface area contributed by atoms with Crippen LogP contribution in [-0.2, 0) is 4.79 Å². The molecule has 0 spiro atoms. The van der Waals surface area contributed by atoms with Gasteiger partial charge < -0.3 is 14.9 Å². The molecule has 2 fully saturated rings. The van der Waals surface area contributed by atoms with Crippen molar-refractivity contribution in [2.24, 2.45) is 17.3 Å². The van der Waals surface area contributed by atoms with E-state index in [0.717, 1.165) is 19.4 Å². The molecule has 21 heavy (non-hydrogen) atoms. The van der Waals surface area contributed by atoms with Gasteiger partial charge >= 0.3 is 12.0 Å². The fraction of sp³-hybridized carbons (Fsp3) is 0.875. The van der Waals surface area contributed by atoms with E-state index < -0.39 is 11.4 Å². The van der Waals surface area contributed by atoms with Crippen molar-refractivity contribution in [3.05, 3.63) is 0 Å². The molecular formula is C16H28N2O3. The largest absolute Gasteiger partial charge is 0.481 e. The van der Waals surface area contributed by atoms with Crippen LogP contribution < -0.4 is 0 Å². The summed E-state index contributed by atoms with van der Waals surface area (Å²) in [6.07, 6.45) is 2.56. The third-order valence-electron chi connectivity index (χ3n) is 5.33. The smallest absolute Gasteiger partial charge is 0.320 e. The van der Waals surface area contributed by atoms with Gasteiger partial charge in [0, 0.05) is 25.7 Å². The minimum atomic E-state index is -0.801. The zero-order chi connectivity index (χ0) is 15.8. The summed E-state index contributed by atoms with van der Waals surface area (Å²) in [6.45, 7) is 10.0. The molecule has 0 bridgehead atoms. The van der Waals surface area contributed by atoms with Gasteiger partial charge in [0.05, 0.1) is 5.41 Å². The molecule has 4 atom stereocenters. The fourth-order valence-electron chi connectivity index (χ4n) is 3.73. The van der Waals surface area contributed by atoms with Crippen molar-refractivity contribution in [3.63, 3.8) is 0 Å². The second-order valence-corrected chi connectivity index (χ2v) is 7.38. The number of likely N-dealkylation sites (tertiary alicyclic amines) is 2. The molecular weight excluding hydrogens is 268 g/mol. The summed E-state index contributed by atoms with van der Waals surface area (Å²) in [5.74, 6) is 0.206. The lowest BCUT2D eigenvalue weighted by Crippen LogP contribution is -2.57. The summed E-state index contributed by atoms with van der Waals surface area (Å²) in [4.78, 5) is 28.0. The minimum absolute atomic E-state index is 0.0214. The number of rotatable bonds is 1. The van der Waals surface area contributed by atoms with E-state index in [2.05, 4.69) is 20.8 Å². The Hall–Kier alpha value is -1.26. The van der Waals surface area contributed by atoms with Crippen molar-refractivity contribution < 1.29 is 14.7 Å². The maximum atomic E-state index is 12.8. The normalized spacial score (nSPS) is 37.4. The molecule has 5 nitrogen and oxygen atoms in total. The second-order valence-electron chi connectivity index (χ2n) is 7.38. The van der Waals surface area contributed by atoms with Gasteiger partial charge in [-0.2, -0.15) is 0 Å². The summed E-state index contributed by atoms with van der Waals surface area (Å²) >= 11 is 0. The Balaban J connectivity index is 2.10. The number of hydrogen-bond acceptors (Lipinski definition) is 2. The first-order chi connectivity index (χ1) is 9.74. The Morgan fingerprint density at radius 3 is 2.52 bits per heavy atom. The van der Waals surface area contributed by atoms with E-state index >= 15 is 0 Å². The van der Waals surface area contributed by atoms with Crippen LogP contribution in [0.5, 0.6) is 0 Å². The summed E-state index contributed by atoms with van der Waals surface area (Å²) in [6, 6.07) is 0.250. The lowest BCUT2D eigenvalue weighted by Gasteiger charge is -2.45. The Morgan fingerprint density at radius 1 is 1.24 bits per heavy atom. The van der Waals surface area contributed by atoms with Crippen molar-refractivity contribution in [3.8, 4) is 0 Å². The number of carboxylic acids is 1. The Bertz CT molecular complexity index is 426. The Kier molecular flexibility index (Phi) is 4.49. The summed E-state index contributed by atoms with van der Waals surface area (Å²) in [5, 5.41) is 9.39. The van der Waals surface area contributed by atoms with Gasteiger partial charge in [0.2, 0.25) is 0 Å². The highest BCUT2D eigenvalue weighted by Crippen LogP contribution is 2.32. The third-order valence-corrected chi connectivity index (χ3v) is 5.33. The maximum Gasteiger partial charge on any atom is 0.320 e. The second kappa shape index (κ2) is 5.85. The van der Waals surface area contributed by atoms with Crippen molar-refractivity contribution in [1.82, 2.24) is 9.80 Å². The number of aliphatic carboxylic acids is 1. The monoisotopic (exact) mass is 296 g/mol. The number of piperidine rings is 2. The number of amides is 2. The molecule has 2 saturated heterocycles. The van der Waals surface area contributed by atoms with E-state index in [4.69, 9.17) is 0 Å². The topological polar surface area (TPSA) is 60.9 Å². The van der Waals surface area contributed by atoms with Crippen molar-refractivity contribution in [1.29, 1.82) is 0 Å². The van der Waals surface area contributed by atoms with Crippen LogP contribution in [0.4, 0.5) is 4.79 Å². The van der Waals surface area contributed by atoms with Gasteiger partial charge in [0.15, 0.2) is 0 Å². The minimum Gasteiger partial charge on any atom is -0.481 e. The van der Waals surface area contributed by atoms with Gasteiger partial charge in [-0.05, 0) is 44.9 Å². The maximum absolute atomic E-state index is 12.8. The molecule has 0 aliphatic carbocycles. The predicted molar refractivity (Wildman–Crippen MR) is 81.1 cm³/mol. The molecule has 1 N–H and O–H groups in total. The number of hydrogen-bond donors (Lipinski definition) is 1. The van der Waals surface area contributed by atoms with E-state index in [1.165, 1.54) is 0 Å². The van der Waals surface area contributed by atoms with Crippen molar-refractivity contribution >= 4 is 12.0 Å². The molecule has 2 aliphatic heterocycles. The molecule has 2 aliphatic rings. The molecule has 5 heteroatoms. The zero-order valence-corrected chi connectivity index (χ0v) is 13.6. The average Bonchev–Trinajstić information content (AvgIpc) is 2.42. The number of carboxylic acid groups (broad SMARTS) is 1. The molecule has 120 valence electrons. The molecule has 0 radical (unpaired) electrons. The van der Waals surface area contributed by atoms with Crippen LogP contribution in [0, 0.1) is 17.3 Å². The third kappa shape index (κ3) is 3.16. The molecule has 0 aromatic carbocycles. The summed E-state index contributed by atoms with van der Waals surface area (Å²) in [7, 11) is 0. The molecule has 0 saturated carbocycles. The van der Waals surface area contributed by atoms with E-state index in [0.29, 0.717) is 31.3 Å². The SMILES string of the molecule is CC1CC(C)C(C)N(C(=O)N2CCCC(C)(C(=O)O)C2)C1. The van der Waals surface area contributed by atoms with E-state index in [1.54, 1.807) is 11.8 Å². The van der Waals surface area contributed by atoms with Crippen LogP contribution >= 0.6 is 0 Å². The van der Waals surface area contributed by atoms with Crippen LogP contribution in [-0.4, -0.2) is 52.6 Å². The summed E-state index contributed by atoms with van der Waals surface area (Å²) in [5.41, 5.74) is -0.801. The van der Waals surface area contributed by atoms with Crippen molar-refractivity contribution in [2.75, 3.05) is 19.6 Å². The van der Waals surface area contributed by atoms with Gasteiger partial charge in [0.25, 0.3) is 0 Å². The number of carbonyl (C=O) groups excluding carboxylic acids is 1. The molecule has 0 aromatic rings. The highest BCUT2D eigenvalue weighted by Gasteiger charge is 2.42. The van der Waals surface area contributed by atoms with Crippen molar-refractivity contribution in [2.45, 2.75) is 53.0 Å². The Morgan fingerprint density at radius 2 is 1.90 bits per heavy atom. The number of urea groups is 1. The average molecular weight is 296 g/mol. The van der Waals surface area contributed by atoms with Crippen LogP contribution in [0.2, 0.25) is 0 Å². The van der Waals surface area contributed by atoms with E-state index in [9.17, 15) is 14.7 Å². The quantitative estimate of drug-likeness (QED) is 0.809. The fourth-order valence-corrected chi connectivity index (χ4v) is 3.73. The molecule has 2 amide bonds. The van der Waals surface area contributed by atoms with Gasteiger partial charge in [-0.25, -0.2) is 4.79 Å². The van der Waals surface area contributed by atoms with Crippen LogP contribution in [0.15, 0.2) is 0 Å². The first kappa shape index (κ1) is 16.1. The zero-order valence-electron chi connectivity index (χ0n) is 13.6. The van der Waals surface area contributed by atoms with Gasteiger partial charge in [-0.1, -0.05) is 13.8 Å². The predicted octanol–water partition coefficient (Wildman–Crippen LogP) is 2.66. The first-order valence-corrected chi connectivity index (χ1v) is 8.03. The first-order valence-electron chi connectivity index (χ1n) is 8.03. The van der Waals surface area contributed by atoms with Gasteiger partial charge in [-0.15, -0.1) is 0 Å². The Labute approximate surface area is 127 Å². The lowest BCUT2D eigenvalue weighted by molar-refractivity contribution is -0.150.